The normalized spacial score (nSPS) is 10.8. The van der Waals surface area contributed by atoms with E-state index in [1.54, 1.807) is 0 Å². The molecular weight excluding hydrogens is 304 g/mol. The van der Waals surface area contributed by atoms with E-state index in [1.807, 2.05) is 0 Å². The summed E-state index contributed by atoms with van der Waals surface area (Å²) in [6, 6.07) is 6.88. The maximum absolute atomic E-state index is 12.3. The van der Waals surface area contributed by atoms with E-state index in [0.717, 1.165) is 0 Å². The zero-order chi connectivity index (χ0) is 16.7. The van der Waals surface area contributed by atoms with Crippen LogP contribution < -0.4 is 10.2 Å². The van der Waals surface area contributed by atoms with Crippen molar-refractivity contribution in [3.05, 3.63) is 40.6 Å². The predicted molar refractivity (Wildman–Crippen MR) is 81.1 cm³/mol. The molecule has 0 radical (unpaired) electrons. The molecule has 1 aromatic heterocycles. The Kier molecular flexibility index (Phi) is 3.25. The zero-order valence-corrected chi connectivity index (χ0v) is 11.9. The summed E-state index contributed by atoms with van der Waals surface area (Å²) >= 11 is 0. The topological polar surface area (TPSA) is 120 Å². The Morgan fingerprint density at radius 1 is 0.957 bits per heavy atom. The van der Waals surface area contributed by atoms with E-state index in [0.29, 0.717) is 5.56 Å². The third kappa shape index (κ3) is 2.18. The van der Waals surface area contributed by atoms with E-state index in [1.165, 1.54) is 37.4 Å². The van der Waals surface area contributed by atoms with Gasteiger partial charge in [0.2, 0.25) is 16.9 Å². The number of phenolic OH excluding ortho intramolecular Hbond substituents is 3. The third-order valence-corrected chi connectivity index (χ3v) is 3.42. The zero-order valence-electron chi connectivity index (χ0n) is 11.9. The van der Waals surface area contributed by atoms with E-state index in [9.17, 15) is 25.2 Å². The summed E-state index contributed by atoms with van der Waals surface area (Å²) in [5, 5.41) is 38.7. The van der Waals surface area contributed by atoms with E-state index in [2.05, 4.69) is 0 Å². The molecule has 0 amide bonds. The molecule has 23 heavy (non-hydrogen) atoms. The number of hydrogen-bond acceptors (Lipinski definition) is 7. The van der Waals surface area contributed by atoms with Gasteiger partial charge in [-0.15, -0.1) is 0 Å². The van der Waals surface area contributed by atoms with Crippen molar-refractivity contribution in [2.24, 2.45) is 0 Å². The van der Waals surface area contributed by atoms with Gasteiger partial charge in [0, 0.05) is 11.6 Å². The van der Waals surface area contributed by atoms with Crippen LogP contribution in [0.4, 0.5) is 0 Å². The van der Waals surface area contributed by atoms with Crippen LogP contribution in [0.5, 0.6) is 28.7 Å². The van der Waals surface area contributed by atoms with Crippen molar-refractivity contribution in [3.8, 4) is 40.1 Å². The Morgan fingerprint density at radius 2 is 1.61 bits per heavy atom. The van der Waals surface area contributed by atoms with Crippen LogP contribution in [0.3, 0.4) is 0 Å². The Hall–Kier alpha value is -3.35. The van der Waals surface area contributed by atoms with Gasteiger partial charge >= 0.3 is 0 Å². The minimum Gasteiger partial charge on any atom is -0.508 e. The molecule has 118 valence electrons. The summed E-state index contributed by atoms with van der Waals surface area (Å²) in [5.41, 5.74) is -0.612. The van der Waals surface area contributed by atoms with Gasteiger partial charge in [0.15, 0.2) is 17.3 Å². The average Bonchev–Trinajstić information content (AvgIpc) is 2.54. The molecule has 0 fully saturated rings. The fourth-order valence-corrected chi connectivity index (χ4v) is 2.26. The lowest BCUT2D eigenvalue weighted by Gasteiger charge is -2.10. The summed E-state index contributed by atoms with van der Waals surface area (Å²) in [4.78, 5) is 12.3. The lowest BCUT2D eigenvalue weighted by atomic mass is 10.1. The summed E-state index contributed by atoms with van der Waals surface area (Å²) in [7, 11) is 1.28. The molecule has 3 aromatic rings. The van der Waals surface area contributed by atoms with Gasteiger partial charge in [-0.25, -0.2) is 0 Å². The number of fused-ring (bicyclic) bond motifs is 1. The maximum atomic E-state index is 12.3. The lowest BCUT2D eigenvalue weighted by molar-refractivity contribution is 0.352. The predicted octanol–water partition coefficient (Wildman–Crippen LogP) is 2.29. The number of aromatic hydroxyl groups is 4. The van der Waals surface area contributed by atoms with Crippen molar-refractivity contribution in [1.82, 2.24) is 0 Å². The summed E-state index contributed by atoms with van der Waals surface area (Å²) in [6.07, 6.45) is 0. The third-order valence-electron chi connectivity index (χ3n) is 3.42. The minimum atomic E-state index is -0.898. The first-order chi connectivity index (χ1) is 10.9. The fraction of sp³-hybridized carbons (Fsp3) is 0.0625. The monoisotopic (exact) mass is 316 g/mol. The van der Waals surface area contributed by atoms with Crippen LogP contribution in [0.15, 0.2) is 39.5 Å². The van der Waals surface area contributed by atoms with E-state index in [-0.39, 0.29) is 28.2 Å². The molecule has 7 heteroatoms. The molecule has 0 saturated heterocycles. The second-order valence-electron chi connectivity index (χ2n) is 4.80. The highest BCUT2D eigenvalue weighted by Crippen LogP contribution is 2.42. The van der Waals surface area contributed by atoms with Crippen LogP contribution in [0.25, 0.3) is 22.3 Å². The van der Waals surface area contributed by atoms with Crippen LogP contribution in [0.1, 0.15) is 0 Å². The van der Waals surface area contributed by atoms with Crippen molar-refractivity contribution in [2.75, 3.05) is 7.11 Å². The van der Waals surface area contributed by atoms with Gasteiger partial charge in [-0.05, 0) is 24.3 Å². The van der Waals surface area contributed by atoms with Crippen molar-refractivity contribution in [2.45, 2.75) is 0 Å². The maximum Gasteiger partial charge on any atom is 0.238 e. The van der Waals surface area contributed by atoms with Crippen molar-refractivity contribution in [3.63, 3.8) is 0 Å². The van der Waals surface area contributed by atoms with Gasteiger partial charge in [-0.1, -0.05) is 0 Å². The molecule has 2 aromatic carbocycles. The summed E-state index contributed by atoms with van der Waals surface area (Å²) in [6.45, 7) is 0. The van der Waals surface area contributed by atoms with Crippen LogP contribution in [-0.2, 0) is 0 Å². The van der Waals surface area contributed by atoms with Crippen LogP contribution >= 0.6 is 0 Å². The van der Waals surface area contributed by atoms with E-state index < -0.39 is 22.7 Å². The Bertz CT molecular complexity index is 955. The average molecular weight is 316 g/mol. The second-order valence-corrected chi connectivity index (χ2v) is 4.80. The molecule has 0 aliphatic rings. The molecule has 3 rings (SSSR count). The van der Waals surface area contributed by atoms with Gasteiger partial charge < -0.3 is 29.6 Å². The first-order valence-corrected chi connectivity index (χ1v) is 6.52. The van der Waals surface area contributed by atoms with Crippen LogP contribution in [-0.4, -0.2) is 27.5 Å². The van der Waals surface area contributed by atoms with Crippen molar-refractivity contribution < 1.29 is 29.6 Å². The van der Waals surface area contributed by atoms with Gasteiger partial charge in [0.1, 0.15) is 16.7 Å². The number of methoxy groups -OCH3 is 1. The van der Waals surface area contributed by atoms with Gasteiger partial charge in [0.25, 0.3) is 0 Å². The van der Waals surface area contributed by atoms with E-state index >= 15 is 0 Å². The SMILES string of the molecule is COc1cc2oc(-c3ccc(O)cc3)c(O)c(=O)c2c(O)c1O. The molecular formula is C16H12O7. The highest BCUT2D eigenvalue weighted by atomic mass is 16.5. The molecule has 0 aliphatic carbocycles. The fourth-order valence-electron chi connectivity index (χ4n) is 2.26. The highest BCUT2D eigenvalue weighted by molar-refractivity contribution is 5.91. The Balaban J connectivity index is 2.38. The molecule has 0 atom stereocenters. The Labute approximate surface area is 129 Å². The molecule has 0 bridgehead atoms. The smallest absolute Gasteiger partial charge is 0.238 e. The van der Waals surface area contributed by atoms with Gasteiger partial charge in [0.05, 0.1) is 7.11 Å². The van der Waals surface area contributed by atoms with Crippen LogP contribution in [0.2, 0.25) is 0 Å². The number of benzene rings is 2. The molecule has 1 heterocycles. The Morgan fingerprint density at radius 3 is 2.22 bits per heavy atom. The molecule has 0 unspecified atom stereocenters. The minimum absolute atomic E-state index is 0.0145. The molecule has 4 N–H and O–H groups in total. The van der Waals surface area contributed by atoms with Gasteiger partial charge in [-0.3, -0.25) is 4.79 Å². The number of hydrogen-bond donors (Lipinski definition) is 4. The lowest BCUT2D eigenvalue weighted by Crippen LogP contribution is -2.03. The van der Waals surface area contributed by atoms with Crippen molar-refractivity contribution >= 4 is 11.0 Å². The van der Waals surface area contributed by atoms with Crippen LogP contribution in [0, 0.1) is 0 Å². The standard InChI is InChI=1S/C16H12O7/c1-22-10-6-9-11(13(19)12(10)18)14(20)15(21)16(23-9)7-2-4-8(17)5-3-7/h2-6,17-19,21H,1H3. The highest BCUT2D eigenvalue weighted by Gasteiger charge is 2.22. The van der Waals surface area contributed by atoms with E-state index in [4.69, 9.17) is 9.15 Å². The molecule has 0 spiro atoms. The molecule has 0 aliphatic heterocycles. The van der Waals surface area contributed by atoms with Crippen molar-refractivity contribution in [1.29, 1.82) is 0 Å². The first kappa shape index (κ1) is 14.6. The molecule has 0 saturated carbocycles. The number of rotatable bonds is 2. The largest absolute Gasteiger partial charge is 0.508 e. The first-order valence-electron chi connectivity index (χ1n) is 6.52. The summed E-state index contributed by atoms with van der Waals surface area (Å²) < 4.78 is 10.4. The second kappa shape index (κ2) is 5.13. The quantitative estimate of drug-likeness (QED) is 0.535. The molecule has 7 nitrogen and oxygen atoms in total. The van der Waals surface area contributed by atoms with Gasteiger partial charge in [-0.2, -0.15) is 0 Å². The summed E-state index contributed by atoms with van der Waals surface area (Å²) in [5.74, 6) is -2.27. The number of phenols is 3. The number of ether oxygens (including phenoxy) is 1.